The van der Waals surface area contributed by atoms with Crippen LogP contribution in [0.2, 0.25) is 5.02 Å². The third kappa shape index (κ3) is 4.15. The Bertz CT molecular complexity index is 796. The third-order valence-electron chi connectivity index (χ3n) is 4.96. The van der Waals surface area contributed by atoms with Crippen molar-refractivity contribution in [1.29, 1.82) is 0 Å². The molecule has 1 saturated carbocycles. The van der Waals surface area contributed by atoms with Gasteiger partial charge in [0, 0.05) is 24.7 Å². The molecular weight excluding hydrogens is 364 g/mol. The van der Waals surface area contributed by atoms with E-state index in [0.29, 0.717) is 24.4 Å². The molecule has 3 atom stereocenters. The molecule has 25 heavy (non-hydrogen) atoms. The van der Waals surface area contributed by atoms with Crippen LogP contribution in [0.3, 0.4) is 0 Å². The van der Waals surface area contributed by atoms with Crippen LogP contribution in [0.1, 0.15) is 18.4 Å². The van der Waals surface area contributed by atoms with E-state index in [4.69, 9.17) is 11.6 Å². The molecule has 6 nitrogen and oxygen atoms in total. The van der Waals surface area contributed by atoms with Crippen molar-refractivity contribution in [3.8, 4) is 0 Å². The maximum absolute atomic E-state index is 12.5. The Morgan fingerprint density at radius 2 is 2.00 bits per heavy atom. The minimum atomic E-state index is -3.04. The van der Waals surface area contributed by atoms with Crippen molar-refractivity contribution in [3.63, 3.8) is 0 Å². The lowest BCUT2D eigenvalue weighted by Crippen LogP contribution is -2.39. The number of carbonyl (C=O) groups excluding carboxylic acids is 2. The van der Waals surface area contributed by atoms with Crippen molar-refractivity contribution < 1.29 is 18.0 Å². The van der Waals surface area contributed by atoms with Crippen LogP contribution in [0, 0.1) is 11.8 Å². The van der Waals surface area contributed by atoms with Gasteiger partial charge < -0.3 is 10.2 Å². The Hall–Kier alpha value is -1.60. The van der Waals surface area contributed by atoms with Gasteiger partial charge in [-0.05, 0) is 24.5 Å². The van der Waals surface area contributed by atoms with Crippen molar-refractivity contribution >= 4 is 33.3 Å². The molecule has 1 N–H and O–H groups in total. The number of carbonyl (C=O) groups is 2. The fraction of sp³-hybridized carbons (Fsp3) is 0.529. The predicted molar refractivity (Wildman–Crippen MR) is 94.7 cm³/mol. The number of nitrogens with zero attached hydrogens (tertiary/aromatic N) is 1. The summed E-state index contributed by atoms with van der Waals surface area (Å²) in [6.07, 6.45) is 0.984. The molecule has 1 aromatic carbocycles. The van der Waals surface area contributed by atoms with Crippen LogP contribution < -0.4 is 5.32 Å². The van der Waals surface area contributed by atoms with Crippen molar-refractivity contribution in [2.24, 2.45) is 11.8 Å². The van der Waals surface area contributed by atoms with E-state index in [1.165, 1.54) is 4.90 Å². The molecule has 2 fully saturated rings. The van der Waals surface area contributed by atoms with Gasteiger partial charge in [0.25, 0.3) is 0 Å². The second-order valence-electron chi connectivity index (χ2n) is 6.76. The first-order chi connectivity index (χ1) is 11.8. The van der Waals surface area contributed by atoms with Gasteiger partial charge in [0.05, 0.1) is 23.3 Å². The summed E-state index contributed by atoms with van der Waals surface area (Å²) in [7, 11) is -1.41. The number of hydrogen-bond acceptors (Lipinski definition) is 4. The number of sulfone groups is 1. The number of amides is 2. The monoisotopic (exact) mass is 384 g/mol. The van der Waals surface area contributed by atoms with Crippen molar-refractivity contribution in [1.82, 2.24) is 10.2 Å². The molecule has 8 heteroatoms. The average Bonchev–Trinajstić information content (AvgIpc) is 3.29. The summed E-state index contributed by atoms with van der Waals surface area (Å²) in [5.74, 6) is -0.840. The van der Waals surface area contributed by atoms with Crippen LogP contribution in [-0.4, -0.2) is 49.7 Å². The maximum atomic E-state index is 12.5. The summed E-state index contributed by atoms with van der Waals surface area (Å²) >= 11 is 6.06. The Morgan fingerprint density at radius 1 is 1.28 bits per heavy atom. The summed E-state index contributed by atoms with van der Waals surface area (Å²) in [6.45, 7) is 0.326. The Labute approximate surface area is 152 Å². The van der Waals surface area contributed by atoms with E-state index in [1.54, 1.807) is 13.1 Å². The van der Waals surface area contributed by atoms with E-state index >= 15 is 0 Å². The quantitative estimate of drug-likeness (QED) is 0.827. The largest absolute Gasteiger partial charge is 0.352 e. The van der Waals surface area contributed by atoms with E-state index in [-0.39, 0.29) is 41.2 Å². The third-order valence-corrected chi connectivity index (χ3v) is 7.08. The summed E-state index contributed by atoms with van der Waals surface area (Å²) in [4.78, 5) is 26.2. The molecule has 0 radical (unpaired) electrons. The van der Waals surface area contributed by atoms with E-state index in [0.717, 1.165) is 5.56 Å². The highest BCUT2D eigenvalue weighted by Crippen LogP contribution is 2.40. The molecule has 2 aliphatic rings. The van der Waals surface area contributed by atoms with Crippen LogP contribution in [0.25, 0.3) is 0 Å². The molecule has 3 rings (SSSR count). The van der Waals surface area contributed by atoms with Crippen LogP contribution in [0.15, 0.2) is 24.3 Å². The first kappa shape index (κ1) is 18.2. The van der Waals surface area contributed by atoms with Gasteiger partial charge in [-0.15, -0.1) is 0 Å². The highest BCUT2D eigenvalue weighted by molar-refractivity contribution is 7.91. The van der Waals surface area contributed by atoms with E-state index in [9.17, 15) is 18.0 Å². The molecule has 3 unspecified atom stereocenters. The average molecular weight is 385 g/mol. The molecule has 1 heterocycles. The van der Waals surface area contributed by atoms with Crippen LogP contribution in [-0.2, 0) is 26.0 Å². The van der Waals surface area contributed by atoms with Gasteiger partial charge in [-0.1, -0.05) is 29.8 Å². The molecule has 1 aliphatic carbocycles. The molecule has 1 aromatic rings. The predicted octanol–water partition coefficient (Wildman–Crippen LogP) is 1.24. The van der Waals surface area contributed by atoms with Crippen LogP contribution in [0.5, 0.6) is 0 Å². The van der Waals surface area contributed by atoms with Gasteiger partial charge in [-0.2, -0.15) is 0 Å². The molecule has 1 saturated heterocycles. The number of benzene rings is 1. The van der Waals surface area contributed by atoms with Crippen LogP contribution in [0.4, 0.5) is 0 Å². The van der Waals surface area contributed by atoms with Gasteiger partial charge in [0.15, 0.2) is 9.84 Å². The van der Waals surface area contributed by atoms with Gasteiger partial charge in [0.1, 0.15) is 0 Å². The summed E-state index contributed by atoms with van der Waals surface area (Å²) in [6, 6.07) is 7.00. The van der Waals surface area contributed by atoms with Crippen molar-refractivity contribution in [2.75, 3.05) is 18.6 Å². The molecule has 0 spiro atoms. The van der Waals surface area contributed by atoms with E-state index in [1.807, 2.05) is 18.2 Å². The zero-order chi connectivity index (χ0) is 18.2. The molecule has 0 aromatic heterocycles. The highest BCUT2D eigenvalue weighted by Gasteiger charge is 2.50. The first-order valence-corrected chi connectivity index (χ1v) is 10.5. The zero-order valence-electron chi connectivity index (χ0n) is 13.9. The van der Waals surface area contributed by atoms with Crippen molar-refractivity contribution in [2.45, 2.75) is 25.4 Å². The smallest absolute Gasteiger partial charge is 0.226 e. The molecular formula is C17H21ClN2O4S. The fourth-order valence-electron chi connectivity index (χ4n) is 3.24. The van der Waals surface area contributed by atoms with Gasteiger partial charge in [-0.25, -0.2) is 8.42 Å². The number of hydrogen-bond donors (Lipinski definition) is 1. The second kappa shape index (κ2) is 6.96. The van der Waals surface area contributed by atoms with E-state index in [2.05, 4.69) is 5.32 Å². The van der Waals surface area contributed by atoms with Crippen molar-refractivity contribution in [3.05, 3.63) is 34.9 Å². The Morgan fingerprint density at radius 3 is 2.64 bits per heavy atom. The SMILES string of the molecule is CN(C(=O)C1CC1C(=O)NCc1ccccc1Cl)C1CCS(=O)(=O)C1. The lowest BCUT2D eigenvalue weighted by molar-refractivity contribution is -0.135. The lowest BCUT2D eigenvalue weighted by atomic mass is 10.2. The second-order valence-corrected chi connectivity index (χ2v) is 9.40. The Balaban J connectivity index is 1.51. The van der Waals surface area contributed by atoms with E-state index < -0.39 is 9.84 Å². The molecule has 0 bridgehead atoms. The maximum Gasteiger partial charge on any atom is 0.226 e. The summed E-state index contributed by atoms with van der Waals surface area (Å²) in [5, 5.41) is 3.41. The number of nitrogens with one attached hydrogen (secondary N) is 1. The normalized spacial score (nSPS) is 26.9. The molecule has 1 aliphatic heterocycles. The standard InChI is InChI=1S/C17H21ClN2O4S/c1-20(12-6-7-25(23,24)10-12)17(22)14-8-13(14)16(21)19-9-11-4-2-3-5-15(11)18/h2-5,12-14H,6-10H2,1H3,(H,19,21). The van der Waals surface area contributed by atoms with Gasteiger partial charge in [0.2, 0.25) is 11.8 Å². The topological polar surface area (TPSA) is 83.6 Å². The number of rotatable bonds is 5. The molecule has 2 amide bonds. The lowest BCUT2D eigenvalue weighted by Gasteiger charge is -2.23. The minimum Gasteiger partial charge on any atom is -0.352 e. The summed E-state index contributed by atoms with van der Waals surface area (Å²) in [5.41, 5.74) is 0.828. The molecule has 136 valence electrons. The number of halogens is 1. The fourth-order valence-corrected chi connectivity index (χ4v) is 5.21. The van der Waals surface area contributed by atoms with Gasteiger partial charge in [-0.3, -0.25) is 9.59 Å². The first-order valence-electron chi connectivity index (χ1n) is 8.27. The van der Waals surface area contributed by atoms with Crippen LogP contribution >= 0.6 is 11.6 Å². The summed E-state index contributed by atoms with van der Waals surface area (Å²) < 4.78 is 23.1. The zero-order valence-corrected chi connectivity index (χ0v) is 15.5. The highest BCUT2D eigenvalue weighted by atomic mass is 35.5. The minimum absolute atomic E-state index is 0.0192. The Kier molecular flexibility index (Phi) is 5.06. The van der Waals surface area contributed by atoms with Gasteiger partial charge >= 0.3 is 0 Å².